The Morgan fingerprint density at radius 2 is 2.00 bits per heavy atom. The Labute approximate surface area is 222 Å². The average molecular weight is 551 g/mol. The Kier molecular flexibility index (Phi) is 7.10. The highest BCUT2D eigenvalue weighted by atomic mass is 19.4. The Morgan fingerprint density at radius 3 is 2.67 bits per heavy atom. The van der Waals surface area contributed by atoms with Gasteiger partial charge in [-0.15, -0.1) is 0 Å². The van der Waals surface area contributed by atoms with E-state index in [1.165, 1.54) is 23.4 Å². The highest BCUT2D eigenvalue weighted by molar-refractivity contribution is 6.04. The number of urea groups is 1. The van der Waals surface area contributed by atoms with Crippen LogP contribution >= 0.6 is 0 Å². The van der Waals surface area contributed by atoms with Gasteiger partial charge in [-0.25, -0.2) is 19.7 Å². The number of hydrogen-bond donors (Lipinski definition) is 1. The van der Waals surface area contributed by atoms with Crippen LogP contribution in [0.15, 0.2) is 24.5 Å². The summed E-state index contributed by atoms with van der Waals surface area (Å²) < 4.78 is 55.8. The molecule has 2 amide bonds. The molecular formula is C25H29F3N6O5. The van der Waals surface area contributed by atoms with Crippen LogP contribution in [0.2, 0.25) is 0 Å². The molecule has 1 N–H and O–H groups in total. The maximum absolute atomic E-state index is 13.3. The number of amides is 2. The standard InChI is InChI=1S/C25H29F3N6O5/c1-14(25(26,27)28)8-20(35)18-4-5-19-21(31-18)34(15-6-7-33(19)11-15)23(36)32-22-29-9-16(10-30-22)37-12-17-13-38-24(2,3)39-17/h4-5,9-10,14-15,17H,6-8,11-13H2,1-3H3,(H,29,30,32,36)/t14-,15-,17-/m0/s1. The van der Waals surface area contributed by atoms with Crippen molar-refractivity contribution in [3.8, 4) is 5.75 Å². The number of ketones is 1. The number of carbonyl (C=O) groups excluding carboxylic acids is 2. The van der Waals surface area contributed by atoms with Gasteiger partial charge in [0.15, 0.2) is 23.1 Å². The van der Waals surface area contributed by atoms with Crippen molar-refractivity contribution in [3.05, 3.63) is 30.2 Å². The van der Waals surface area contributed by atoms with Gasteiger partial charge in [-0.2, -0.15) is 13.2 Å². The quantitative estimate of drug-likeness (QED) is 0.514. The van der Waals surface area contributed by atoms with Crippen molar-refractivity contribution in [3.63, 3.8) is 0 Å². The number of Topliss-reactive ketones (excluding diaryl/α,β-unsaturated/α-hetero) is 1. The van der Waals surface area contributed by atoms with Crippen LogP contribution < -0.4 is 19.9 Å². The highest BCUT2D eigenvalue weighted by Crippen LogP contribution is 2.39. The Balaban J connectivity index is 1.27. The van der Waals surface area contributed by atoms with Crippen molar-refractivity contribution < 1.29 is 37.0 Å². The maximum Gasteiger partial charge on any atom is 0.391 e. The van der Waals surface area contributed by atoms with Crippen molar-refractivity contribution in [1.29, 1.82) is 0 Å². The van der Waals surface area contributed by atoms with Crippen molar-refractivity contribution in [2.24, 2.45) is 5.92 Å². The summed E-state index contributed by atoms with van der Waals surface area (Å²) in [6.45, 7) is 6.49. The summed E-state index contributed by atoms with van der Waals surface area (Å²) in [5.41, 5.74) is 0.508. The second kappa shape index (κ2) is 10.2. The molecule has 0 aliphatic carbocycles. The summed E-state index contributed by atoms with van der Waals surface area (Å²) in [7, 11) is 0. The van der Waals surface area contributed by atoms with Crippen LogP contribution in [-0.4, -0.2) is 77.2 Å². The first-order chi connectivity index (χ1) is 18.4. The third kappa shape index (κ3) is 5.91. The fraction of sp³-hybridized carbons (Fsp3) is 0.560. The number of rotatable bonds is 7. The number of pyridine rings is 1. The Morgan fingerprint density at radius 1 is 1.26 bits per heavy atom. The molecule has 2 aromatic rings. The molecule has 2 fully saturated rings. The molecule has 0 unspecified atom stereocenters. The predicted octanol–water partition coefficient (Wildman–Crippen LogP) is 3.80. The van der Waals surface area contributed by atoms with Gasteiger partial charge in [0.25, 0.3) is 0 Å². The van der Waals surface area contributed by atoms with Crippen molar-refractivity contribution >= 4 is 29.3 Å². The number of halogens is 3. The highest BCUT2D eigenvalue weighted by Gasteiger charge is 2.42. The van der Waals surface area contributed by atoms with E-state index in [4.69, 9.17) is 14.2 Å². The molecule has 0 spiro atoms. The fourth-order valence-corrected chi connectivity index (χ4v) is 4.77. The number of ether oxygens (including phenoxy) is 3. The number of nitrogens with zero attached hydrogens (tertiary/aromatic N) is 5. The lowest BCUT2D eigenvalue weighted by molar-refractivity contribution is -0.168. The van der Waals surface area contributed by atoms with Crippen LogP contribution in [0, 0.1) is 5.92 Å². The normalized spacial score (nSPS) is 22.4. The molecule has 14 heteroatoms. The summed E-state index contributed by atoms with van der Waals surface area (Å²) in [4.78, 5) is 42.0. The Hall–Kier alpha value is -3.52. The molecule has 5 rings (SSSR count). The van der Waals surface area contributed by atoms with Crippen LogP contribution in [0.25, 0.3) is 0 Å². The molecule has 0 radical (unpaired) electrons. The lowest BCUT2D eigenvalue weighted by Crippen LogP contribution is -2.48. The summed E-state index contributed by atoms with van der Waals surface area (Å²) in [6, 6.07) is 2.24. The first-order valence-corrected chi connectivity index (χ1v) is 12.6. The van der Waals surface area contributed by atoms with Crippen LogP contribution in [0.3, 0.4) is 0 Å². The zero-order valence-electron chi connectivity index (χ0n) is 21.7. The number of alkyl halides is 3. The molecule has 5 heterocycles. The molecule has 0 saturated carbocycles. The van der Waals surface area contributed by atoms with Crippen LogP contribution in [0.4, 0.5) is 35.4 Å². The number of aromatic nitrogens is 3. The van der Waals surface area contributed by atoms with E-state index >= 15 is 0 Å². The Bertz CT molecular complexity index is 1240. The summed E-state index contributed by atoms with van der Waals surface area (Å²) in [5, 5.41) is 2.64. The molecule has 0 aromatic carbocycles. The topological polar surface area (TPSA) is 119 Å². The molecular weight excluding hydrogens is 521 g/mol. The van der Waals surface area contributed by atoms with Crippen molar-refractivity contribution in [2.75, 3.05) is 41.4 Å². The first kappa shape index (κ1) is 27.1. The molecule has 210 valence electrons. The maximum atomic E-state index is 13.3. The van der Waals surface area contributed by atoms with Gasteiger partial charge in [0.2, 0.25) is 5.95 Å². The number of hydrogen-bond acceptors (Lipinski definition) is 9. The van der Waals surface area contributed by atoms with Gasteiger partial charge >= 0.3 is 12.2 Å². The third-order valence-corrected chi connectivity index (χ3v) is 6.86. The SMILES string of the molecule is C[C@@H](CC(=O)c1ccc2c(n1)N(C(=O)Nc1ncc(OC[C@H]3COC(C)(C)O3)cn1)[C@H]1CCN2C1)C(F)(F)F. The number of anilines is 3. The summed E-state index contributed by atoms with van der Waals surface area (Å²) >= 11 is 0. The minimum absolute atomic E-state index is 0.0298. The molecule has 39 heavy (non-hydrogen) atoms. The fourth-order valence-electron chi connectivity index (χ4n) is 4.77. The second-order valence-electron chi connectivity index (χ2n) is 10.3. The van der Waals surface area contributed by atoms with E-state index in [0.717, 1.165) is 6.92 Å². The van der Waals surface area contributed by atoms with Crippen molar-refractivity contribution in [2.45, 2.75) is 57.7 Å². The van der Waals surface area contributed by atoms with E-state index < -0.39 is 36.1 Å². The van der Waals surface area contributed by atoms with Gasteiger partial charge in [0.1, 0.15) is 18.4 Å². The second-order valence-corrected chi connectivity index (χ2v) is 10.3. The van der Waals surface area contributed by atoms with Gasteiger partial charge in [-0.3, -0.25) is 15.0 Å². The number of nitrogens with one attached hydrogen (secondary N) is 1. The number of fused-ring (bicyclic) bond motifs is 4. The molecule has 3 aliphatic rings. The van der Waals surface area contributed by atoms with Crippen LogP contribution in [0.5, 0.6) is 5.75 Å². The monoisotopic (exact) mass is 550 g/mol. The van der Waals surface area contributed by atoms with E-state index in [9.17, 15) is 22.8 Å². The molecule has 2 aromatic heterocycles. The molecule has 3 aliphatic heterocycles. The smallest absolute Gasteiger partial charge is 0.391 e. The van der Waals surface area contributed by atoms with Crippen LogP contribution in [-0.2, 0) is 9.47 Å². The van der Waals surface area contributed by atoms with E-state index in [1.807, 2.05) is 18.7 Å². The van der Waals surface area contributed by atoms with Gasteiger partial charge < -0.3 is 19.1 Å². The lowest BCUT2D eigenvalue weighted by atomic mass is 10.0. The first-order valence-electron chi connectivity index (χ1n) is 12.6. The van der Waals surface area contributed by atoms with E-state index in [-0.39, 0.29) is 36.2 Å². The minimum Gasteiger partial charge on any atom is -0.488 e. The van der Waals surface area contributed by atoms with E-state index in [2.05, 4.69) is 20.3 Å². The van der Waals surface area contributed by atoms with Gasteiger partial charge in [0.05, 0.1) is 36.6 Å². The van der Waals surface area contributed by atoms with Crippen molar-refractivity contribution in [1.82, 2.24) is 15.0 Å². The predicted molar refractivity (Wildman–Crippen MR) is 133 cm³/mol. The average Bonchev–Trinajstić information content (AvgIpc) is 3.45. The van der Waals surface area contributed by atoms with Gasteiger partial charge in [-0.1, -0.05) is 6.92 Å². The third-order valence-electron chi connectivity index (χ3n) is 6.86. The summed E-state index contributed by atoms with van der Waals surface area (Å²) in [5.74, 6) is -2.58. The van der Waals surface area contributed by atoms with E-state index in [1.54, 1.807) is 6.07 Å². The lowest BCUT2D eigenvalue weighted by Gasteiger charge is -2.35. The van der Waals surface area contributed by atoms with E-state index in [0.29, 0.717) is 37.6 Å². The van der Waals surface area contributed by atoms with Gasteiger partial charge in [0, 0.05) is 19.5 Å². The molecule has 2 saturated heterocycles. The largest absolute Gasteiger partial charge is 0.488 e. The zero-order valence-corrected chi connectivity index (χ0v) is 21.7. The minimum atomic E-state index is -4.49. The molecule has 2 bridgehead atoms. The number of carbonyl (C=O) groups is 2. The van der Waals surface area contributed by atoms with Crippen LogP contribution in [0.1, 0.15) is 44.1 Å². The molecule has 3 atom stereocenters. The zero-order chi connectivity index (χ0) is 27.9. The summed E-state index contributed by atoms with van der Waals surface area (Å²) in [6.07, 6.45) is -1.95. The molecule has 11 nitrogen and oxygen atoms in total. The van der Waals surface area contributed by atoms with Gasteiger partial charge in [-0.05, 0) is 32.4 Å².